The Hall–Kier alpha value is -2.58. The number of thiophene rings is 1. The molecule has 3 aromatic rings. The lowest BCUT2D eigenvalue weighted by molar-refractivity contribution is 0.414. The Kier molecular flexibility index (Phi) is 5.75. The van der Waals surface area contributed by atoms with Crippen LogP contribution < -0.4 is 14.8 Å². The van der Waals surface area contributed by atoms with E-state index in [0.717, 1.165) is 18.7 Å². The van der Waals surface area contributed by atoms with E-state index in [0.29, 0.717) is 11.5 Å². The van der Waals surface area contributed by atoms with Crippen LogP contribution in [0.15, 0.2) is 64.3 Å². The van der Waals surface area contributed by atoms with E-state index in [1.165, 1.54) is 23.1 Å². The summed E-state index contributed by atoms with van der Waals surface area (Å²) in [5, 5.41) is 4.95. The minimum atomic E-state index is -3.54. The standard InChI is InChI=1S/C18H19N3O3S2/c1-24-16-7-4-14(5-8-16)10-11-19-17-9-6-15(13-20-17)21-26(22,23)18-3-2-12-25-18/h2-9,12-13,21H,10-11H2,1H3,(H,19,20). The van der Waals surface area contributed by atoms with Crippen LogP contribution in [0.4, 0.5) is 11.5 Å². The molecule has 2 aromatic heterocycles. The van der Waals surface area contributed by atoms with Crippen molar-refractivity contribution in [2.24, 2.45) is 0 Å². The molecule has 6 nitrogen and oxygen atoms in total. The smallest absolute Gasteiger partial charge is 0.271 e. The number of rotatable bonds is 8. The fraction of sp³-hybridized carbons (Fsp3) is 0.167. The SMILES string of the molecule is COc1ccc(CCNc2ccc(NS(=O)(=O)c3cccs3)cn2)cc1. The van der Waals surface area contributed by atoms with Crippen LogP contribution in [0.2, 0.25) is 0 Å². The van der Waals surface area contributed by atoms with Gasteiger partial charge in [0.15, 0.2) is 0 Å². The molecule has 0 bridgehead atoms. The first kappa shape index (κ1) is 18.2. The molecular weight excluding hydrogens is 370 g/mol. The number of hydrogen-bond donors (Lipinski definition) is 2. The molecule has 0 saturated heterocycles. The highest BCUT2D eigenvalue weighted by Gasteiger charge is 2.15. The minimum absolute atomic E-state index is 0.277. The number of aromatic nitrogens is 1. The van der Waals surface area contributed by atoms with Crippen LogP contribution in [0.5, 0.6) is 5.75 Å². The predicted molar refractivity (Wildman–Crippen MR) is 105 cm³/mol. The van der Waals surface area contributed by atoms with Crippen LogP contribution in [-0.4, -0.2) is 27.1 Å². The van der Waals surface area contributed by atoms with Gasteiger partial charge in [0.25, 0.3) is 10.0 Å². The summed E-state index contributed by atoms with van der Waals surface area (Å²) < 4.78 is 32.3. The van der Waals surface area contributed by atoms with Crippen molar-refractivity contribution in [1.82, 2.24) is 4.98 Å². The quantitative estimate of drug-likeness (QED) is 0.615. The average molecular weight is 390 g/mol. The second kappa shape index (κ2) is 8.20. The summed E-state index contributed by atoms with van der Waals surface area (Å²) in [7, 11) is -1.90. The van der Waals surface area contributed by atoms with Gasteiger partial charge in [0.1, 0.15) is 15.8 Å². The average Bonchev–Trinajstić information content (AvgIpc) is 3.19. The van der Waals surface area contributed by atoms with E-state index in [-0.39, 0.29) is 4.21 Å². The Bertz CT molecular complexity index is 923. The van der Waals surface area contributed by atoms with Crippen LogP contribution in [0.3, 0.4) is 0 Å². The van der Waals surface area contributed by atoms with Gasteiger partial charge in [-0.2, -0.15) is 0 Å². The Morgan fingerprint density at radius 3 is 2.54 bits per heavy atom. The van der Waals surface area contributed by atoms with E-state index in [9.17, 15) is 8.42 Å². The maximum atomic E-state index is 12.2. The van der Waals surface area contributed by atoms with E-state index in [2.05, 4.69) is 15.0 Å². The molecule has 0 radical (unpaired) electrons. The molecule has 0 fully saturated rings. The molecule has 3 rings (SSSR count). The van der Waals surface area contributed by atoms with Gasteiger partial charge in [0.05, 0.1) is 19.0 Å². The molecule has 0 aliphatic heterocycles. The third-order valence-corrected chi connectivity index (χ3v) is 6.43. The molecule has 0 aliphatic carbocycles. The number of nitrogens with one attached hydrogen (secondary N) is 2. The molecule has 136 valence electrons. The zero-order valence-corrected chi connectivity index (χ0v) is 15.8. The van der Waals surface area contributed by atoms with Gasteiger partial charge in [-0.3, -0.25) is 4.72 Å². The molecule has 0 aliphatic rings. The fourth-order valence-electron chi connectivity index (χ4n) is 2.31. The second-order valence-corrected chi connectivity index (χ2v) is 8.35. The molecule has 0 amide bonds. The lowest BCUT2D eigenvalue weighted by Crippen LogP contribution is -2.12. The number of benzene rings is 1. The second-order valence-electron chi connectivity index (χ2n) is 5.49. The maximum absolute atomic E-state index is 12.2. The van der Waals surface area contributed by atoms with Crippen LogP contribution in [-0.2, 0) is 16.4 Å². The highest BCUT2D eigenvalue weighted by molar-refractivity contribution is 7.94. The predicted octanol–water partition coefficient (Wildman–Crippen LogP) is 3.61. The van der Waals surface area contributed by atoms with Gasteiger partial charge in [-0.25, -0.2) is 13.4 Å². The summed E-state index contributed by atoms with van der Waals surface area (Å²) in [4.78, 5) is 4.25. The van der Waals surface area contributed by atoms with E-state index in [1.807, 2.05) is 24.3 Å². The van der Waals surface area contributed by atoms with Crippen LogP contribution in [0.1, 0.15) is 5.56 Å². The molecule has 2 N–H and O–H groups in total. The van der Waals surface area contributed by atoms with E-state index < -0.39 is 10.0 Å². The van der Waals surface area contributed by atoms with E-state index in [1.54, 1.807) is 36.8 Å². The highest BCUT2D eigenvalue weighted by Crippen LogP contribution is 2.20. The Balaban J connectivity index is 1.52. The zero-order chi connectivity index (χ0) is 18.4. The van der Waals surface area contributed by atoms with E-state index in [4.69, 9.17) is 4.74 Å². The molecule has 0 unspecified atom stereocenters. The molecule has 8 heteroatoms. The molecule has 2 heterocycles. The van der Waals surface area contributed by atoms with Gasteiger partial charge in [0, 0.05) is 6.54 Å². The number of pyridine rings is 1. The number of sulfonamides is 1. The molecule has 0 saturated carbocycles. The Morgan fingerprint density at radius 2 is 1.92 bits per heavy atom. The van der Waals surface area contributed by atoms with Crippen molar-refractivity contribution in [1.29, 1.82) is 0 Å². The van der Waals surface area contributed by atoms with Crippen molar-refractivity contribution in [3.05, 3.63) is 65.7 Å². The van der Waals surface area contributed by atoms with Gasteiger partial charge in [-0.1, -0.05) is 18.2 Å². The van der Waals surface area contributed by atoms with Gasteiger partial charge < -0.3 is 10.1 Å². The minimum Gasteiger partial charge on any atom is -0.497 e. The highest BCUT2D eigenvalue weighted by atomic mass is 32.2. The number of anilines is 2. The number of ether oxygens (including phenoxy) is 1. The first-order chi connectivity index (χ1) is 12.6. The number of nitrogens with zero attached hydrogens (tertiary/aromatic N) is 1. The fourth-order valence-corrected chi connectivity index (χ4v) is 4.34. The first-order valence-corrected chi connectivity index (χ1v) is 10.3. The van der Waals surface area contributed by atoms with Crippen molar-refractivity contribution in [3.63, 3.8) is 0 Å². The lowest BCUT2D eigenvalue weighted by Gasteiger charge is -2.09. The van der Waals surface area contributed by atoms with E-state index >= 15 is 0 Å². The Morgan fingerprint density at radius 1 is 1.12 bits per heavy atom. The van der Waals surface area contributed by atoms with Gasteiger partial charge >= 0.3 is 0 Å². The summed E-state index contributed by atoms with van der Waals surface area (Å²) in [5.41, 5.74) is 1.62. The van der Waals surface area contributed by atoms with Crippen molar-refractivity contribution >= 4 is 32.9 Å². The van der Waals surface area contributed by atoms with Crippen LogP contribution >= 0.6 is 11.3 Å². The monoisotopic (exact) mass is 389 g/mol. The summed E-state index contributed by atoms with van der Waals surface area (Å²) in [6.45, 7) is 0.722. The molecule has 1 aromatic carbocycles. The number of hydrogen-bond acceptors (Lipinski definition) is 6. The molecular formula is C18H19N3O3S2. The van der Waals surface area contributed by atoms with Crippen molar-refractivity contribution < 1.29 is 13.2 Å². The normalized spacial score (nSPS) is 11.1. The van der Waals surface area contributed by atoms with Crippen LogP contribution in [0.25, 0.3) is 0 Å². The number of methoxy groups -OCH3 is 1. The van der Waals surface area contributed by atoms with Crippen molar-refractivity contribution in [2.45, 2.75) is 10.6 Å². The van der Waals surface area contributed by atoms with Crippen molar-refractivity contribution in [2.75, 3.05) is 23.7 Å². The van der Waals surface area contributed by atoms with Gasteiger partial charge in [-0.15, -0.1) is 11.3 Å². The van der Waals surface area contributed by atoms with Crippen LogP contribution in [0, 0.1) is 0 Å². The maximum Gasteiger partial charge on any atom is 0.271 e. The zero-order valence-electron chi connectivity index (χ0n) is 14.2. The lowest BCUT2D eigenvalue weighted by atomic mass is 10.1. The largest absolute Gasteiger partial charge is 0.497 e. The summed E-state index contributed by atoms with van der Waals surface area (Å²) in [6, 6.07) is 14.6. The summed E-state index contributed by atoms with van der Waals surface area (Å²) in [6.07, 6.45) is 2.35. The van der Waals surface area contributed by atoms with Gasteiger partial charge in [0.2, 0.25) is 0 Å². The Labute approximate surface area is 156 Å². The third-order valence-electron chi connectivity index (χ3n) is 3.65. The summed E-state index contributed by atoms with van der Waals surface area (Å²) in [5.74, 6) is 1.53. The third kappa shape index (κ3) is 4.74. The molecule has 0 spiro atoms. The first-order valence-electron chi connectivity index (χ1n) is 7.96. The molecule has 26 heavy (non-hydrogen) atoms. The topological polar surface area (TPSA) is 80.3 Å². The van der Waals surface area contributed by atoms with Crippen molar-refractivity contribution in [3.8, 4) is 5.75 Å². The summed E-state index contributed by atoms with van der Waals surface area (Å²) >= 11 is 1.17. The van der Waals surface area contributed by atoms with Gasteiger partial charge in [-0.05, 0) is 47.7 Å². The molecule has 0 atom stereocenters.